The third-order valence-corrected chi connectivity index (χ3v) is 3.99. The number of nitrogens with two attached hydrogens (primary N) is 1. The summed E-state index contributed by atoms with van der Waals surface area (Å²) < 4.78 is 5.35. The Bertz CT molecular complexity index is 419. The molecular weight excluding hydrogens is 250 g/mol. The third-order valence-electron chi connectivity index (χ3n) is 3.00. The van der Waals surface area contributed by atoms with E-state index in [1.807, 2.05) is 6.92 Å². The molecule has 1 amide bonds. The van der Waals surface area contributed by atoms with Crippen molar-refractivity contribution < 1.29 is 9.53 Å². The zero-order valence-corrected chi connectivity index (χ0v) is 11.6. The molecule has 2 rings (SSSR count). The lowest BCUT2D eigenvalue weighted by molar-refractivity contribution is -0.120. The fraction of sp³-hybridized carbons (Fsp3) is 0.667. The molecule has 0 saturated carbocycles. The predicted octanol–water partition coefficient (Wildman–Crippen LogP) is 1.67. The van der Waals surface area contributed by atoms with Gasteiger partial charge in [0.25, 0.3) is 0 Å². The number of carbonyl (C=O) groups excluding carboxylic acids is 1. The summed E-state index contributed by atoms with van der Waals surface area (Å²) in [6.45, 7) is 5.06. The molecule has 0 aromatic carbocycles. The van der Waals surface area contributed by atoms with Crippen LogP contribution >= 0.6 is 11.3 Å². The first-order valence-electron chi connectivity index (χ1n) is 6.19. The Morgan fingerprint density at radius 2 is 2.44 bits per heavy atom. The van der Waals surface area contributed by atoms with Crippen LogP contribution in [0.4, 0.5) is 5.13 Å². The summed E-state index contributed by atoms with van der Waals surface area (Å²) in [7, 11) is 0. The minimum Gasteiger partial charge on any atom is -0.375 e. The second-order valence-electron chi connectivity index (χ2n) is 4.81. The number of nitrogens with one attached hydrogen (secondary N) is 1. The largest absolute Gasteiger partial charge is 0.375 e. The van der Waals surface area contributed by atoms with Gasteiger partial charge in [-0.3, -0.25) is 4.79 Å². The maximum atomic E-state index is 12.0. The van der Waals surface area contributed by atoms with Crippen molar-refractivity contribution in [3.8, 4) is 0 Å². The Labute approximate surface area is 111 Å². The molecule has 100 valence electrons. The van der Waals surface area contributed by atoms with Gasteiger partial charge in [-0.1, -0.05) is 24.7 Å². The highest BCUT2D eigenvalue weighted by molar-refractivity contribution is 7.15. The van der Waals surface area contributed by atoms with Gasteiger partial charge in [-0.2, -0.15) is 0 Å². The van der Waals surface area contributed by atoms with E-state index in [1.54, 1.807) is 6.92 Å². The summed E-state index contributed by atoms with van der Waals surface area (Å²) in [4.78, 5) is 17.6. The average molecular weight is 269 g/mol. The number of hydrogen-bond donors (Lipinski definition) is 2. The van der Waals surface area contributed by atoms with Gasteiger partial charge in [0.2, 0.25) is 5.91 Å². The van der Waals surface area contributed by atoms with Crippen molar-refractivity contribution in [1.29, 1.82) is 0 Å². The van der Waals surface area contributed by atoms with E-state index in [9.17, 15) is 4.79 Å². The van der Waals surface area contributed by atoms with Crippen molar-refractivity contribution in [3.63, 3.8) is 0 Å². The summed E-state index contributed by atoms with van der Waals surface area (Å²) in [5.74, 6) is -0.170. The molecule has 0 aliphatic carbocycles. The van der Waals surface area contributed by atoms with Crippen molar-refractivity contribution in [2.24, 2.45) is 5.73 Å². The zero-order valence-electron chi connectivity index (χ0n) is 10.8. The summed E-state index contributed by atoms with van der Waals surface area (Å²) in [6, 6.07) is 0. The Morgan fingerprint density at radius 1 is 1.67 bits per heavy atom. The first-order valence-corrected chi connectivity index (χ1v) is 7.01. The van der Waals surface area contributed by atoms with Crippen LogP contribution < -0.4 is 11.1 Å². The van der Waals surface area contributed by atoms with Crippen LogP contribution in [-0.2, 0) is 22.6 Å². The number of fused-ring (bicyclic) bond motifs is 1. The molecule has 1 unspecified atom stereocenters. The zero-order chi connectivity index (χ0) is 13.2. The van der Waals surface area contributed by atoms with Crippen LogP contribution in [0.5, 0.6) is 0 Å². The lowest BCUT2D eigenvalue weighted by Gasteiger charge is -2.21. The maximum Gasteiger partial charge on any atom is 0.245 e. The SMILES string of the molecule is CCCC(C)(N)C(=O)Nc1nc2c(s1)COCC2. The van der Waals surface area contributed by atoms with E-state index in [4.69, 9.17) is 10.5 Å². The van der Waals surface area contributed by atoms with Crippen LogP contribution in [0, 0.1) is 0 Å². The Balaban J connectivity index is 2.05. The van der Waals surface area contributed by atoms with E-state index >= 15 is 0 Å². The lowest BCUT2D eigenvalue weighted by atomic mass is 9.97. The maximum absolute atomic E-state index is 12.0. The standard InChI is InChI=1S/C12H19N3O2S/c1-3-5-12(2,13)10(16)15-11-14-8-4-6-17-7-9(8)18-11/h3-7,13H2,1-2H3,(H,14,15,16). The quantitative estimate of drug-likeness (QED) is 0.871. The van der Waals surface area contributed by atoms with Crippen molar-refractivity contribution >= 4 is 22.4 Å². The Morgan fingerprint density at radius 3 is 3.11 bits per heavy atom. The highest BCUT2D eigenvalue weighted by Crippen LogP contribution is 2.27. The van der Waals surface area contributed by atoms with Gasteiger partial charge < -0.3 is 15.8 Å². The van der Waals surface area contributed by atoms with Gasteiger partial charge in [0.15, 0.2) is 5.13 Å². The molecular formula is C12H19N3O2S. The molecule has 0 spiro atoms. The third kappa shape index (κ3) is 2.88. The number of nitrogens with zero attached hydrogens (tertiary/aromatic N) is 1. The number of amides is 1. The molecule has 6 heteroatoms. The number of ether oxygens (including phenoxy) is 1. The van der Waals surface area contributed by atoms with Gasteiger partial charge >= 0.3 is 0 Å². The first-order chi connectivity index (χ1) is 8.53. The highest BCUT2D eigenvalue weighted by Gasteiger charge is 2.28. The fourth-order valence-corrected chi connectivity index (χ4v) is 2.89. The normalized spacial score (nSPS) is 17.9. The molecule has 0 fully saturated rings. The molecule has 5 nitrogen and oxygen atoms in total. The van der Waals surface area contributed by atoms with E-state index in [0.29, 0.717) is 24.8 Å². The molecule has 0 saturated heterocycles. The van der Waals surface area contributed by atoms with Gasteiger partial charge in [-0.25, -0.2) is 4.98 Å². The van der Waals surface area contributed by atoms with Crippen LogP contribution in [0.2, 0.25) is 0 Å². The van der Waals surface area contributed by atoms with Crippen LogP contribution in [0.1, 0.15) is 37.3 Å². The van der Waals surface area contributed by atoms with E-state index in [0.717, 1.165) is 23.4 Å². The topological polar surface area (TPSA) is 77.2 Å². The smallest absolute Gasteiger partial charge is 0.245 e. The summed E-state index contributed by atoms with van der Waals surface area (Å²) in [6.07, 6.45) is 2.35. The molecule has 0 radical (unpaired) electrons. The van der Waals surface area contributed by atoms with E-state index in [2.05, 4.69) is 10.3 Å². The number of aromatic nitrogens is 1. The van der Waals surface area contributed by atoms with Crippen molar-refractivity contribution in [3.05, 3.63) is 10.6 Å². The number of thiazole rings is 1. The first kappa shape index (κ1) is 13.5. The molecule has 1 aliphatic heterocycles. The Kier molecular flexibility index (Phi) is 3.99. The van der Waals surface area contributed by atoms with Gasteiger partial charge in [0.05, 0.1) is 29.3 Å². The van der Waals surface area contributed by atoms with Gasteiger partial charge in [0, 0.05) is 6.42 Å². The van der Waals surface area contributed by atoms with Crippen molar-refractivity contribution in [1.82, 2.24) is 4.98 Å². The predicted molar refractivity (Wildman–Crippen MR) is 71.6 cm³/mol. The van der Waals surface area contributed by atoms with Gasteiger partial charge in [-0.15, -0.1) is 0 Å². The number of carbonyl (C=O) groups is 1. The molecule has 18 heavy (non-hydrogen) atoms. The van der Waals surface area contributed by atoms with E-state index < -0.39 is 5.54 Å². The summed E-state index contributed by atoms with van der Waals surface area (Å²) in [5.41, 5.74) is 6.18. The second-order valence-corrected chi connectivity index (χ2v) is 5.90. The van der Waals surface area contributed by atoms with Gasteiger partial charge in [0.1, 0.15) is 0 Å². The van der Waals surface area contributed by atoms with Crippen LogP contribution in [0.15, 0.2) is 0 Å². The second kappa shape index (κ2) is 5.34. The minimum atomic E-state index is -0.836. The molecule has 3 N–H and O–H groups in total. The Hall–Kier alpha value is -0.980. The molecule has 1 aliphatic rings. The number of anilines is 1. The van der Waals surface area contributed by atoms with Crippen LogP contribution in [0.25, 0.3) is 0 Å². The minimum absolute atomic E-state index is 0.170. The highest BCUT2D eigenvalue weighted by atomic mass is 32.1. The number of hydrogen-bond acceptors (Lipinski definition) is 5. The fourth-order valence-electron chi connectivity index (χ4n) is 1.95. The van der Waals surface area contributed by atoms with Crippen LogP contribution in [-0.4, -0.2) is 23.0 Å². The van der Waals surface area contributed by atoms with Gasteiger partial charge in [-0.05, 0) is 13.3 Å². The van der Waals surface area contributed by atoms with E-state index in [1.165, 1.54) is 11.3 Å². The van der Waals surface area contributed by atoms with Crippen LogP contribution in [0.3, 0.4) is 0 Å². The molecule has 0 bridgehead atoms. The van der Waals surface area contributed by atoms with Crippen molar-refractivity contribution in [2.45, 2.75) is 45.3 Å². The average Bonchev–Trinajstić information content (AvgIpc) is 2.70. The van der Waals surface area contributed by atoms with E-state index in [-0.39, 0.29) is 5.91 Å². The molecule has 1 aromatic rings. The molecule has 1 aromatic heterocycles. The lowest BCUT2D eigenvalue weighted by Crippen LogP contribution is -2.48. The summed E-state index contributed by atoms with van der Waals surface area (Å²) >= 11 is 1.47. The molecule has 2 heterocycles. The van der Waals surface area contributed by atoms with Crippen molar-refractivity contribution in [2.75, 3.05) is 11.9 Å². The monoisotopic (exact) mass is 269 g/mol. The number of rotatable bonds is 4. The summed E-state index contributed by atoms with van der Waals surface area (Å²) in [5, 5.41) is 3.44. The molecule has 1 atom stereocenters.